The average molecular weight is 448 g/mol. The van der Waals surface area contributed by atoms with Crippen LogP contribution in [0.1, 0.15) is 29.8 Å². The molecule has 0 unspecified atom stereocenters. The van der Waals surface area contributed by atoms with Gasteiger partial charge in [0.05, 0.1) is 5.69 Å². The molecule has 1 fully saturated rings. The molecule has 172 valence electrons. The molecule has 0 aliphatic carbocycles. The summed E-state index contributed by atoms with van der Waals surface area (Å²) in [5.41, 5.74) is 4.37. The molecule has 1 aliphatic heterocycles. The Labute approximate surface area is 193 Å². The van der Waals surface area contributed by atoms with Crippen molar-refractivity contribution in [2.75, 3.05) is 32.7 Å². The monoisotopic (exact) mass is 447 g/mol. The number of amides is 2. The van der Waals surface area contributed by atoms with Gasteiger partial charge in [-0.2, -0.15) is 0 Å². The molecule has 9 nitrogen and oxygen atoms in total. The third-order valence-electron chi connectivity index (χ3n) is 5.91. The first-order chi connectivity index (χ1) is 15.9. The van der Waals surface area contributed by atoms with Gasteiger partial charge in [-0.15, -0.1) is 5.10 Å². The molecule has 9 heteroatoms. The lowest BCUT2D eigenvalue weighted by molar-refractivity contribution is -0.130. The molecule has 0 bridgehead atoms. The van der Waals surface area contributed by atoms with Crippen molar-refractivity contribution in [2.24, 2.45) is 0 Å². The summed E-state index contributed by atoms with van der Waals surface area (Å²) >= 11 is 0. The molecule has 1 N–H and O–H groups in total. The van der Waals surface area contributed by atoms with Gasteiger partial charge < -0.3 is 10.2 Å². The number of hydrogen-bond acceptors (Lipinski definition) is 6. The number of aryl methyl sites for hydroxylation is 1. The smallest absolute Gasteiger partial charge is 0.251 e. The number of rotatable bonds is 6. The van der Waals surface area contributed by atoms with Gasteiger partial charge in [0.25, 0.3) is 5.91 Å². The van der Waals surface area contributed by atoms with E-state index in [-0.39, 0.29) is 17.9 Å². The van der Waals surface area contributed by atoms with Crippen LogP contribution in [0.4, 0.5) is 0 Å². The molecular weight excluding hydrogens is 418 g/mol. The van der Waals surface area contributed by atoms with Crippen molar-refractivity contribution in [1.82, 2.24) is 35.3 Å². The zero-order valence-electron chi connectivity index (χ0n) is 19.2. The van der Waals surface area contributed by atoms with Crippen LogP contribution in [0.3, 0.4) is 0 Å². The zero-order valence-corrected chi connectivity index (χ0v) is 19.2. The summed E-state index contributed by atoms with van der Waals surface area (Å²) in [7, 11) is 0. The topological polar surface area (TPSA) is 96.2 Å². The summed E-state index contributed by atoms with van der Waals surface area (Å²) in [4.78, 5) is 28.8. The van der Waals surface area contributed by atoms with Gasteiger partial charge in [-0.3, -0.25) is 14.5 Å². The number of carbonyl (C=O) groups is 2. The van der Waals surface area contributed by atoms with Gasteiger partial charge >= 0.3 is 0 Å². The Kier molecular flexibility index (Phi) is 6.79. The number of tetrazole rings is 1. The standard InChI is InChI=1S/C24H29N7O2/c1-17-4-6-20(7-5-17)21-12-22(14-23(13-21)31-16-25-27-28-31)24(33)26-18(2)15-29-8-10-30(11-9-29)19(3)32/h4-7,12-14,16,18H,8-11,15H2,1-3H3,(H,26,33)/t18-/m1/s1. The van der Waals surface area contributed by atoms with Crippen LogP contribution in [0.15, 0.2) is 48.8 Å². The molecule has 33 heavy (non-hydrogen) atoms. The van der Waals surface area contributed by atoms with E-state index < -0.39 is 0 Å². The highest BCUT2D eigenvalue weighted by molar-refractivity contribution is 5.96. The molecular formula is C24H29N7O2. The molecule has 0 radical (unpaired) electrons. The van der Waals surface area contributed by atoms with Crippen molar-refractivity contribution >= 4 is 11.8 Å². The van der Waals surface area contributed by atoms with Crippen LogP contribution in [0.25, 0.3) is 16.8 Å². The number of nitrogens with zero attached hydrogens (tertiary/aromatic N) is 6. The number of piperazine rings is 1. The van der Waals surface area contributed by atoms with E-state index >= 15 is 0 Å². The normalized spacial score (nSPS) is 15.3. The molecule has 2 aromatic carbocycles. The van der Waals surface area contributed by atoms with Crippen LogP contribution in [-0.4, -0.2) is 80.6 Å². The maximum absolute atomic E-state index is 13.2. The van der Waals surface area contributed by atoms with Crippen LogP contribution in [0.5, 0.6) is 0 Å². The highest BCUT2D eigenvalue weighted by atomic mass is 16.2. The van der Waals surface area contributed by atoms with Gasteiger partial charge in [-0.05, 0) is 53.6 Å². The lowest BCUT2D eigenvalue weighted by Gasteiger charge is -2.35. The fourth-order valence-corrected chi connectivity index (χ4v) is 4.05. The van der Waals surface area contributed by atoms with Crippen molar-refractivity contribution in [3.05, 3.63) is 59.9 Å². The van der Waals surface area contributed by atoms with Crippen LogP contribution in [0, 0.1) is 6.92 Å². The van der Waals surface area contributed by atoms with Crippen LogP contribution in [-0.2, 0) is 4.79 Å². The number of aromatic nitrogens is 4. The lowest BCUT2D eigenvalue weighted by atomic mass is 10.0. The van der Waals surface area contributed by atoms with Crippen molar-refractivity contribution in [3.63, 3.8) is 0 Å². The molecule has 3 aromatic rings. The minimum Gasteiger partial charge on any atom is -0.348 e. The summed E-state index contributed by atoms with van der Waals surface area (Å²) < 4.78 is 1.55. The van der Waals surface area contributed by atoms with Gasteiger partial charge in [0.1, 0.15) is 6.33 Å². The molecule has 0 saturated carbocycles. The van der Waals surface area contributed by atoms with E-state index in [2.05, 4.69) is 25.7 Å². The van der Waals surface area contributed by atoms with Crippen molar-refractivity contribution < 1.29 is 9.59 Å². The Hall–Kier alpha value is -3.59. The van der Waals surface area contributed by atoms with Gasteiger partial charge in [-0.1, -0.05) is 29.8 Å². The Morgan fingerprint density at radius 1 is 1.03 bits per heavy atom. The second-order valence-electron chi connectivity index (χ2n) is 8.57. The average Bonchev–Trinajstić information content (AvgIpc) is 3.34. The molecule has 0 spiro atoms. The summed E-state index contributed by atoms with van der Waals surface area (Å²) in [6, 6.07) is 13.8. The third-order valence-corrected chi connectivity index (χ3v) is 5.91. The van der Waals surface area contributed by atoms with Crippen molar-refractivity contribution in [3.8, 4) is 16.8 Å². The molecule has 4 rings (SSSR count). The highest BCUT2D eigenvalue weighted by Crippen LogP contribution is 2.24. The fraction of sp³-hybridized carbons (Fsp3) is 0.375. The number of hydrogen-bond donors (Lipinski definition) is 1. The molecule has 2 heterocycles. The first-order valence-electron chi connectivity index (χ1n) is 11.1. The number of benzene rings is 2. The molecule has 1 aliphatic rings. The second-order valence-corrected chi connectivity index (χ2v) is 8.57. The molecule has 1 saturated heterocycles. The molecule has 1 aromatic heterocycles. The Bertz CT molecular complexity index is 1100. The van der Waals surface area contributed by atoms with Crippen molar-refractivity contribution in [1.29, 1.82) is 0 Å². The summed E-state index contributed by atoms with van der Waals surface area (Å²) in [5, 5.41) is 14.5. The number of nitrogens with one attached hydrogen (secondary N) is 1. The van der Waals surface area contributed by atoms with E-state index in [0.29, 0.717) is 5.56 Å². The summed E-state index contributed by atoms with van der Waals surface area (Å²) in [6.07, 6.45) is 1.51. The first-order valence-corrected chi connectivity index (χ1v) is 11.1. The molecule has 1 atom stereocenters. The minimum absolute atomic E-state index is 0.0408. The summed E-state index contributed by atoms with van der Waals surface area (Å²) in [5.74, 6) is -0.0315. The maximum atomic E-state index is 13.2. The SMILES string of the molecule is CC(=O)N1CCN(C[C@@H](C)NC(=O)c2cc(-c3ccc(C)cc3)cc(-n3cnnn3)c2)CC1. The van der Waals surface area contributed by atoms with E-state index in [4.69, 9.17) is 0 Å². The first kappa shape index (κ1) is 22.6. The largest absolute Gasteiger partial charge is 0.348 e. The van der Waals surface area contributed by atoms with E-state index in [1.807, 2.05) is 55.1 Å². The second kappa shape index (κ2) is 9.91. The van der Waals surface area contributed by atoms with Crippen LogP contribution in [0.2, 0.25) is 0 Å². The van der Waals surface area contributed by atoms with E-state index in [9.17, 15) is 9.59 Å². The van der Waals surface area contributed by atoms with Gasteiger partial charge in [0.2, 0.25) is 5.91 Å². The van der Waals surface area contributed by atoms with Gasteiger partial charge in [0, 0.05) is 51.3 Å². The van der Waals surface area contributed by atoms with Crippen LogP contribution >= 0.6 is 0 Å². The quantitative estimate of drug-likeness (QED) is 0.620. The Balaban J connectivity index is 1.49. The lowest BCUT2D eigenvalue weighted by Crippen LogP contribution is -2.51. The van der Waals surface area contributed by atoms with Gasteiger partial charge in [0.15, 0.2) is 0 Å². The minimum atomic E-state index is -0.145. The molecule has 2 amide bonds. The number of carbonyl (C=O) groups excluding carboxylic acids is 2. The predicted molar refractivity (Wildman–Crippen MR) is 125 cm³/mol. The fourth-order valence-electron chi connectivity index (χ4n) is 4.05. The van der Waals surface area contributed by atoms with Crippen LogP contribution < -0.4 is 5.32 Å². The van der Waals surface area contributed by atoms with E-state index in [0.717, 1.165) is 49.5 Å². The van der Waals surface area contributed by atoms with Gasteiger partial charge in [-0.25, -0.2) is 4.68 Å². The zero-order chi connectivity index (χ0) is 23.4. The Morgan fingerprint density at radius 3 is 2.39 bits per heavy atom. The highest BCUT2D eigenvalue weighted by Gasteiger charge is 2.21. The van der Waals surface area contributed by atoms with Crippen molar-refractivity contribution in [2.45, 2.75) is 26.8 Å². The summed E-state index contributed by atoms with van der Waals surface area (Å²) in [6.45, 7) is 9.46. The van der Waals surface area contributed by atoms with E-state index in [1.165, 1.54) is 11.9 Å². The third kappa shape index (κ3) is 5.61. The van der Waals surface area contributed by atoms with E-state index in [1.54, 1.807) is 17.7 Å². The maximum Gasteiger partial charge on any atom is 0.251 e. The Morgan fingerprint density at radius 2 is 1.76 bits per heavy atom. The predicted octanol–water partition coefficient (Wildman–Crippen LogP) is 1.92.